The Morgan fingerprint density at radius 3 is 0.460 bits per heavy atom. The van der Waals surface area contributed by atoms with Gasteiger partial charge in [-0.25, -0.2) is 0 Å². The van der Waals surface area contributed by atoms with Crippen molar-refractivity contribution in [1.29, 1.82) is 0 Å². The minimum absolute atomic E-state index is 1.15. The number of para-hydroxylation sites is 14. The largest absolute Gasteiger partial charge is 0.309 e. The molecule has 0 fully saturated rings. The van der Waals surface area contributed by atoms with Gasteiger partial charge in [-0.3, -0.25) is 0 Å². The Morgan fingerprint density at radius 2 is 0.240 bits per heavy atom. The first-order valence-electron chi connectivity index (χ1n) is 51.6. The lowest BCUT2D eigenvalue weighted by Gasteiger charge is -2.20. The van der Waals surface area contributed by atoms with Crippen molar-refractivity contribution >= 4 is 131 Å². The summed E-state index contributed by atoms with van der Waals surface area (Å²) in [5, 5.41) is 15.2. The van der Waals surface area contributed by atoms with Crippen molar-refractivity contribution in [3.63, 3.8) is 0 Å². The molecular weight excluding hydrogens is 1810 g/mol. The minimum Gasteiger partial charge on any atom is -0.309 e. The van der Waals surface area contributed by atoms with Crippen molar-refractivity contribution in [2.24, 2.45) is 0 Å². The standard InChI is InChI=1S/3C48H32N2/c1-3-19-35(37-21-5-11-27-43(37)49-45-29-13-7-23-39(45)40-24-8-14-30-46(40)49)33(17-1)34-18-2-4-20-36(34)38-22-6-12-28-44(38)50-47-31-15-9-25-41(47)42-26-10-16-32-48(42)50;1-3-21-39(37(19-1)33-15-13-17-35(31-33)49-45-27-9-5-23-41(45)42-24-6-10-28-46(42)49)40-22-4-2-20-38(40)34-16-14-18-36(32-34)50-47-29-11-7-25-43(47)44-26-8-12-30-48(44)50;1-3-15-39(37(13-1)33-25-29-35(30-26-33)49-45-21-9-5-17-41(45)42-18-6-10-22-46(42)49)40-16-4-2-14-38(40)34-27-31-36(32-28-34)50-47-23-11-7-19-43(47)44-20-8-12-24-48(44)50/h3*1-32H. The number of rotatable bonds is 15. The first-order chi connectivity index (χ1) is 74.5. The summed E-state index contributed by atoms with van der Waals surface area (Å²) in [5.41, 5.74) is 43.2. The van der Waals surface area contributed by atoms with Crippen LogP contribution >= 0.6 is 0 Å². The summed E-state index contributed by atoms with van der Waals surface area (Å²) in [5.74, 6) is 0. The number of aromatic nitrogens is 6. The summed E-state index contributed by atoms with van der Waals surface area (Å²) in [6.07, 6.45) is 0. The van der Waals surface area contributed by atoms with E-state index < -0.39 is 0 Å². The number of nitrogens with zero attached hydrogens (tertiary/aromatic N) is 6. The third-order valence-corrected chi connectivity index (χ3v) is 30.5. The van der Waals surface area contributed by atoms with Gasteiger partial charge in [-0.2, -0.15) is 0 Å². The molecule has 0 amide bonds. The molecule has 0 bridgehead atoms. The van der Waals surface area contributed by atoms with Crippen LogP contribution in [0.3, 0.4) is 0 Å². The maximum Gasteiger partial charge on any atom is 0.0541 e. The topological polar surface area (TPSA) is 29.6 Å². The van der Waals surface area contributed by atoms with Gasteiger partial charge in [0.2, 0.25) is 0 Å². The Morgan fingerprint density at radius 1 is 0.0867 bits per heavy atom. The quantitative estimate of drug-likeness (QED) is 0.0979. The Labute approximate surface area is 868 Å². The van der Waals surface area contributed by atoms with Gasteiger partial charge in [0.05, 0.1) is 77.6 Å². The zero-order valence-corrected chi connectivity index (χ0v) is 82.1. The summed E-state index contributed by atoms with van der Waals surface area (Å²) in [6.45, 7) is 0. The van der Waals surface area contributed by atoms with Crippen molar-refractivity contribution in [3.05, 3.63) is 582 Å². The van der Waals surface area contributed by atoms with Crippen molar-refractivity contribution in [2.75, 3.05) is 0 Å². The molecule has 0 spiro atoms. The van der Waals surface area contributed by atoms with Crippen LogP contribution in [0.25, 0.3) is 265 Å². The summed E-state index contributed by atoms with van der Waals surface area (Å²) in [4.78, 5) is 0. The average Bonchev–Trinajstić information content (AvgIpc) is 1.61. The zero-order chi connectivity index (χ0) is 99.1. The smallest absolute Gasteiger partial charge is 0.0541 e. The van der Waals surface area contributed by atoms with Crippen LogP contribution in [0.2, 0.25) is 0 Å². The number of hydrogen-bond acceptors (Lipinski definition) is 0. The molecule has 702 valence electrons. The molecular formula is C144H96N6. The van der Waals surface area contributed by atoms with Crippen LogP contribution in [-0.4, -0.2) is 27.4 Å². The van der Waals surface area contributed by atoms with Gasteiger partial charge in [-0.05, 0) is 222 Å². The van der Waals surface area contributed by atoms with Gasteiger partial charge >= 0.3 is 0 Å². The fourth-order valence-corrected chi connectivity index (χ4v) is 23.9. The highest BCUT2D eigenvalue weighted by Crippen LogP contribution is 2.49. The van der Waals surface area contributed by atoms with E-state index in [-0.39, 0.29) is 0 Å². The Kier molecular flexibility index (Phi) is 21.9. The van der Waals surface area contributed by atoms with Gasteiger partial charge in [0.15, 0.2) is 0 Å². The van der Waals surface area contributed by atoms with E-state index in [2.05, 4.69) is 610 Å². The van der Waals surface area contributed by atoms with Crippen LogP contribution in [0, 0.1) is 0 Å². The lowest BCUT2D eigenvalue weighted by atomic mass is 9.88. The number of fused-ring (bicyclic) bond motifs is 18. The number of benzene rings is 24. The summed E-state index contributed by atoms with van der Waals surface area (Å²) < 4.78 is 14.4. The Hall–Kier alpha value is -19.9. The van der Waals surface area contributed by atoms with Crippen LogP contribution < -0.4 is 0 Å². The van der Waals surface area contributed by atoms with Gasteiger partial charge in [0.1, 0.15) is 0 Å². The van der Waals surface area contributed by atoms with Crippen molar-refractivity contribution in [2.45, 2.75) is 0 Å². The second-order valence-electron chi connectivity index (χ2n) is 38.7. The van der Waals surface area contributed by atoms with Gasteiger partial charge in [0, 0.05) is 98.5 Å². The molecule has 0 aliphatic carbocycles. The molecule has 30 aromatic rings. The predicted molar refractivity (Wildman–Crippen MR) is 634 cm³/mol. The fourth-order valence-electron chi connectivity index (χ4n) is 23.9. The monoisotopic (exact) mass is 1910 g/mol. The molecule has 0 saturated carbocycles. The molecule has 24 aromatic carbocycles. The van der Waals surface area contributed by atoms with Gasteiger partial charge in [0.25, 0.3) is 0 Å². The van der Waals surface area contributed by atoms with Gasteiger partial charge in [-0.1, -0.05) is 449 Å². The van der Waals surface area contributed by atoms with Crippen molar-refractivity contribution in [1.82, 2.24) is 27.4 Å². The van der Waals surface area contributed by atoms with Gasteiger partial charge < -0.3 is 27.4 Å². The van der Waals surface area contributed by atoms with E-state index in [0.717, 1.165) is 22.7 Å². The molecule has 30 rings (SSSR count). The van der Waals surface area contributed by atoms with Crippen LogP contribution in [0.4, 0.5) is 0 Å². The Bertz CT molecular complexity index is 9590. The van der Waals surface area contributed by atoms with E-state index in [1.165, 1.54) is 242 Å². The summed E-state index contributed by atoms with van der Waals surface area (Å²) in [7, 11) is 0. The van der Waals surface area contributed by atoms with Gasteiger partial charge in [-0.15, -0.1) is 0 Å². The second kappa shape index (κ2) is 37.4. The zero-order valence-electron chi connectivity index (χ0n) is 82.1. The van der Waals surface area contributed by atoms with E-state index in [9.17, 15) is 0 Å². The average molecular weight is 1910 g/mol. The van der Waals surface area contributed by atoms with E-state index in [1.807, 2.05) is 0 Å². The molecule has 6 nitrogen and oxygen atoms in total. The lowest BCUT2D eigenvalue weighted by molar-refractivity contribution is 1.18. The van der Waals surface area contributed by atoms with Crippen LogP contribution in [0.5, 0.6) is 0 Å². The highest BCUT2D eigenvalue weighted by Gasteiger charge is 2.26. The van der Waals surface area contributed by atoms with E-state index in [0.29, 0.717) is 0 Å². The van der Waals surface area contributed by atoms with Crippen molar-refractivity contribution < 1.29 is 0 Å². The lowest BCUT2D eigenvalue weighted by Crippen LogP contribution is -1.99. The predicted octanol–water partition coefficient (Wildman–Crippen LogP) is 38.6. The van der Waals surface area contributed by atoms with Crippen LogP contribution in [-0.2, 0) is 0 Å². The van der Waals surface area contributed by atoms with Crippen molar-refractivity contribution in [3.8, 4) is 134 Å². The number of hydrogen-bond donors (Lipinski definition) is 0. The van der Waals surface area contributed by atoms with Crippen LogP contribution in [0.15, 0.2) is 582 Å². The minimum atomic E-state index is 1.15. The summed E-state index contributed by atoms with van der Waals surface area (Å²) in [6, 6.07) is 211. The maximum absolute atomic E-state index is 2.43. The maximum atomic E-state index is 2.43. The van der Waals surface area contributed by atoms with E-state index in [4.69, 9.17) is 0 Å². The molecule has 6 heterocycles. The molecule has 0 radical (unpaired) electrons. The first-order valence-corrected chi connectivity index (χ1v) is 51.6. The third-order valence-electron chi connectivity index (χ3n) is 30.5. The van der Waals surface area contributed by atoms with Crippen LogP contribution in [0.1, 0.15) is 0 Å². The molecule has 6 aromatic heterocycles. The molecule has 0 saturated heterocycles. The fraction of sp³-hybridized carbons (Fsp3) is 0. The molecule has 6 heteroatoms. The molecule has 0 aliphatic rings. The molecule has 0 N–H and O–H groups in total. The highest BCUT2D eigenvalue weighted by molar-refractivity contribution is 6.16. The highest BCUT2D eigenvalue weighted by atomic mass is 15.0. The normalized spacial score (nSPS) is 11.6. The first kappa shape index (κ1) is 87.8. The second-order valence-corrected chi connectivity index (χ2v) is 38.7. The van der Waals surface area contributed by atoms with E-state index >= 15 is 0 Å². The molecule has 150 heavy (non-hydrogen) atoms. The molecule has 0 aliphatic heterocycles. The molecule has 0 unspecified atom stereocenters. The third kappa shape index (κ3) is 14.9. The summed E-state index contributed by atoms with van der Waals surface area (Å²) >= 11 is 0. The van der Waals surface area contributed by atoms with E-state index in [1.54, 1.807) is 0 Å². The molecule has 0 atom stereocenters. The Balaban J connectivity index is 0.000000108. The SMILES string of the molecule is c1cc(-c2ccccc2-c2ccccc2-c2cccc(-n3c4ccccc4c4ccccc43)c2)cc(-n2c3ccccc3c3ccccc32)c1.c1ccc(-c2ccccc2-c2ccc(-n3c4ccccc4c4ccccc43)cc2)c(-c2ccc(-n3c4ccccc4c4ccccc43)cc2)c1.c1ccc(-c2ccccc2-n2c3ccccc3c3ccccc32)c(-c2ccccc2-c2ccccc2-n2c3ccccc3c3ccccc32)c1.